The molecule has 1 aromatic carbocycles. The van der Waals surface area contributed by atoms with Crippen LogP contribution >= 0.6 is 0 Å². The maximum Gasteiger partial charge on any atom is 0.170 e. The standard InChI is InChI=1S/C17H27N3O/c1-3-4-14-7-9-20(10-8-14)12-16-6-5-15(11-13(16)2)17(18)19-21/h5-6,11,14,21H,3-4,7-10,12H2,1-2H3,(H2,18,19). The third kappa shape index (κ3) is 4.21. The number of piperidine rings is 1. The van der Waals surface area contributed by atoms with Gasteiger partial charge in [-0.2, -0.15) is 0 Å². The van der Waals surface area contributed by atoms with Crippen molar-refractivity contribution in [3.8, 4) is 0 Å². The first-order valence-electron chi connectivity index (χ1n) is 7.93. The van der Waals surface area contributed by atoms with Crippen molar-refractivity contribution >= 4 is 5.84 Å². The van der Waals surface area contributed by atoms with Crippen LogP contribution in [0.25, 0.3) is 0 Å². The molecule has 1 aliphatic heterocycles. The van der Waals surface area contributed by atoms with Crippen molar-refractivity contribution < 1.29 is 5.21 Å². The first-order valence-corrected chi connectivity index (χ1v) is 7.93. The molecule has 1 aliphatic rings. The monoisotopic (exact) mass is 289 g/mol. The molecular formula is C17H27N3O. The van der Waals surface area contributed by atoms with Crippen molar-refractivity contribution in [3.63, 3.8) is 0 Å². The molecular weight excluding hydrogens is 262 g/mol. The van der Waals surface area contributed by atoms with Crippen molar-refractivity contribution in [1.29, 1.82) is 0 Å². The summed E-state index contributed by atoms with van der Waals surface area (Å²) in [5.74, 6) is 1.10. The maximum atomic E-state index is 8.73. The number of rotatable bonds is 5. The van der Waals surface area contributed by atoms with E-state index < -0.39 is 0 Å². The van der Waals surface area contributed by atoms with Gasteiger partial charge < -0.3 is 10.9 Å². The van der Waals surface area contributed by atoms with Crippen LogP contribution in [-0.2, 0) is 6.54 Å². The number of aryl methyl sites for hydroxylation is 1. The Bertz CT molecular complexity index is 491. The largest absolute Gasteiger partial charge is 0.409 e. The van der Waals surface area contributed by atoms with Gasteiger partial charge in [0.15, 0.2) is 5.84 Å². The molecule has 0 radical (unpaired) electrons. The molecule has 1 fully saturated rings. The highest BCUT2D eigenvalue weighted by molar-refractivity contribution is 5.97. The number of hydrogen-bond donors (Lipinski definition) is 2. The molecule has 0 bridgehead atoms. The molecule has 4 heteroatoms. The smallest absolute Gasteiger partial charge is 0.170 e. The Kier molecular flexibility index (Phi) is 5.62. The molecule has 1 saturated heterocycles. The number of hydrogen-bond acceptors (Lipinski definition) is 3. The Balaban J connectivity index is 1.95. The lowest BCUT2D eigenvalue weighted by molar-refractivity contribution is 0.171. The van der Waals surface area contributed by atoms with Gasteiger partial charge in [-0.25, -0.2) is 0 Å². The molecule has 0 aliphatic carbocycles. The Morgan fingerprint density at radius 2 is 2.10 bits per heavy atom. The highest BCUT2D eigenvalue weighted by atomic mass is 16.4. The van der Waals surface area contributed by atoms with Gasteiger partial charge in [0.1, 0.15) is 0 Å². The fourth-order valence-corrected chi connectivity index (χ4v) is 3.17. The van der Waals surface area contributed by atoms with E-state index in [1.54, 1.807) is 0 Å². The first kappa shape index (κ1) is 15.8. The molecule has 1 aromatic rings. The Morgan fingerprint density at radius 1 is 1.38 bits per heavy atom. The van der Waals surface area contributed by atoms with Gasteiger partial charge in [0.2, 0.25) is 0 Å². The molecule has 0 spiro atoms. The maximum absolute atomic E-state index is 8.73. The van der Waals surface area contributed by atoms with Crippen LogP contribution in [0.1, 0.15) is 49.3 Å². The average molecular weight is 289 g/mol. The number of oxime groups is 1. The molecule has 0 unspecified atom stereocenters. The van der Waals surface area contributed by atoms with E-state index >= 15 is 0 Å². The van der Waals surface area contributed by atoms with E-state index in [1.807, 2.05) is 12.1 Å². The van der Waals surface area contributed by atoms with E-state index in [0.717, 1.165) is 18.0 Å². The van der Waals surface area contributed by atoms with Crippen molar-refractivity contribution in [3.05, 3.63) is 34.9 Å². The summed E-state index contributed by atoms with van der Waals surface area (Å²) in [6.07, 6.45) is 5.34. The van der Waals surface area contributed by atoms with Gasteiger partial charge in [-0.1, -0.05) is 37.1 Å². The summed E-state index contributed by atoms with van der Waals surface area (Å²) in [6, 6.07) is 6.02. The lowest BCUT2D eigenvalue weighted by Crippen LogP contribution is -2.33. The summed E-state index contributed by atoms with van der Waals surface area (Å²) < 4.78 is 0. The third-order valence-corrected chi connectivity index (χ3v) is 4.54. The minimum absolute atomic E-state index is 0.171. The summed E-state index contributed by atoms with van der Waals surface area (Å²) in [5.41, 5.74) is 8.94. The molecule has 0 saturated carbocycles. The fraction of sp³-hybridized carbons (Fsp3) is 0.588. The van der Waals surface area contributed by atoms with Crippen LogP contribution in [0.15, 0.2) is 23.4 Å². The summed E-state index contributed by atoms with van der Waals surface area (Å²) in [4.78, 5) is 2.54. The predicted molar refractivity (Wildman–Crippen MR) is 86.6 cm³/mol. The van der Waals surface area contributed by atoms with E-state index in [-0.39, 0.29) is 5.84 Å². The Morgan fingerprint density at radius 3 is 2.67 bits per heavy atom. The van der Waals surface area contributed by atoms with Crippen LogP contribution in [0.2, 0.25) is 0 Å². The topological polar surface area (TPSA) is 61.8 Å². The minimum atomic E-state index is 0.171. The Hall–Kier alpha value is -1.55. The molecule has 1 heterocycles. The summed E-state index contributed by atoms with van der Waals surface area (Å²) >= 11 is 0. The number of likely N-dealkylation sites (tertiary alicyclic amines) is 1. The van der Waals surface area contributed by atoms with E-state index in [2.05, 4.69) is 30.0 Å². The van der Waals surface area contributed by atoms with Crippen LogP contribution in [0, 0.1) is 12.8 Å². The predicted octanol–water partition coefficient (Wildman–Crippen LogP) is 3.10. The van der Waals surface area contributed by atoms with Gasteiger partial charge in [0.25, 0.3) is 0 Å². The highest BCUT2D eigenvalue weighted by Crippen LogP contribution is 2.23. The highest BCUT2D eigenvalue weighted by Gasteiger charge is 2.19. The van der Waals surface area contributed by atoms with E-state index in [9.17, 15) is 0 Å². The van der Waals surface area contributed by atoms with Crippen molar-refractivity contribution in [1.82, 2.24) is 4.90 Å². The number of nitrogens with two attached hydrogens (primary N) is 1. The third-order valence-electron chi connectivity index (χ3n) is 4.54. The van der Waals surface area contributed by atoms with E-state index in [1.165, 1.54) is 49.9 Å². The molecule has 0 amide bonds. The van der Waals surface area contributed by atoms with Crippen molar-refractivity contribution in [2.75, 3.05) is 13.1 Å². The second-order valence-corrected chi connectivity index (χ2v) is 6.13. The zero-order valence-electron chi connectivity index (χ0n) is 13.2. The van der Waals surface area contributed by atoms with Gasteiger partial charge >= 0.3 is 0 Å². The van der Waals surface area contributed by atoms with Crippen LogP contribution in [0.4, 0.5) is 0 Å². The van der Waals surface area contributed by atoms with Gasteiger partial charge in [-0.05, 0) is 56.0 Å². The molecule has 0 atom stereocenters. The summed E-state index contributed by atoms with van der Waals surface area (Å²) in [6.45, 7) is 7.77. The molecule has 4 nitrogen and oxygen atoms in total. The van der Waals surface area contributed by atoms with E-state index in [4.69, 9.17) is 10.9 Å². The van der Waals surface area contributed by atoms with Gasteiger partial charge in [0, 0.05) is 12.1 Å². The van der Waals surface area contributed by atoms with Gasteiger partial charge in [-0.3, -0.25) is 4.90 Å². The molecule has 2 rings (SSSR count). The molecule has 21 heavy (non-hydrogen) atoms. The zero-order chi connectivity index (χ0) is 15.2. The number of nitrogens with zero attached hydrogens (tertiary/aromatic N) is 2. The second-order valence-electron chi connectivity index (χ2n) is 6.13. The number of amidine groups is 1. The van der Waals surface area contributed by atoms with Crippen LogP contribution in [0.5, 0.6) is 0 Å². The summed E-state index contributed by atoms with van der Waals surface area (Å²) in [5, 5.41) is 11.8. The van der Waals surface area contributed by atoms with Crippen molar-refractivity contribution in [2.45, 2.75) is 46.1 Å². The SMILES string of the molecule is CCCC1CCN(Cc2ccc(/C(N)=N/O)cc2C)CC1. The van der Waals surface area contributed by atoms with E-state index in [0.29, 0.717) is 0 Å². The molecule has 3 N–H and O–H groups in total. The second kappa shape index (κ2) is 7.46. The number of benzene rings is 1. The van der Waals surface area contributed by atoms with Crippen LogP contribution < -0.4 is 5.73 Å². The Labute approximate surface area is 127 Å². The summed E-state index contributed by atoms with van der Waals surface area (Å²) in [7, 11) is 0. The zero-order valence-corrected chi connectivity index (χ0v) is 13.2. The first-order chi connectivity index (χ1) is 10.1. The lowest BCUT2D eigenvalue weighted by atomic mass is 9.92. The van der Waals surface area contributed by atoms with Gasteiger partial charge in [-0.15, -0.1) is 0 Å². The molecule has 116 valence electrons. The lowest BCUT2D eigenvalue weighted by Gasteiger charge is -2.32. The molecule has 0 aromatic heterocycles. The van der Waals surface area contributed by atoms with Crippen molar-refractivity contribution in [2.24, 2.45) is 16.8 Å². The van der Waals surface area contributed by atoms with Crippen LogP contribution in [0.3, 0.4) is 0 Å². The van der Waals surface area contributed by atoms with Gasteiger partial charge in [0.05, 0.1) is 0 Å². The minimum Gasteiger partial charge on any atom is -0.409 e. The fourth-order valence-electron chi connectivity index (χ4n) is 3.17. The quantitative estimate of drug-likeness (QED) is 0.379. The normalized spacial score (nSPS) is 18.1. The van der Waals surface area contributed by atoms with Crippen LogP contribution in [-0.4, -0.2) is 29.0 Å². The average Bonchev–Trinajstić information content (AvgIpc) is 2.50.